The van der Waals surface area contributed by atoms with Crippen LogP contribution in [-0.2, 0) is 9.53 Å². The number of hydrogen-bond acceptors (Lipinski definition) is 4. The van der Waals surface area contributed by atoms with Crippen LogP contribution in [0.2, 0.25) is 10.0 Å². The molecule has 1 aromatic carbocycles. The number of benzene rings is 1. The second-order valence-electron chi connectivity index (χ2n) is 6.20. The fraction of sp³-hybridized carbons (Fsp3) is 0.529. The number of amides is 2. The van der Waals surface area contributed by atoms with Crippen LogP contribution < -0.4 is 5.32 Å². The smallest absolute Gasteiger partial charge is 0.257 e. The van der Waals surface area contributed by atoms with Crippen LogP contribution in [-0.4, -0.2) is 73.6 Å². The van der Waals surface area contributed by atoms with Crippen LogP contribution in [0.3, 0.4) is 0 Å². The van der Waals surface area contributed by atoms with Gasteiger partial charge in [0.15, 0.2) is 0 Å². The van der Waals surface area contributed by atoms with E-state index in [0.717, 1.165) is 6.54 Å². The van der Waals surface area contributed by atoms with E-state index in [1.54, 1.807) is 28.0 Å². The van der Waals surface area contributed by atoms with Crippen molar-refractivity contribution in [1.82, 2.24) is 15.1 Å². The Morgan fingerprint density at radius 3 is 2.31 bits per heavy atom. The molecule has 0 radical (unpaired) electrons. The number of nitrogens with zero attached hydrogens (tertiary/aromatic N) is 2. The van der Waals surface area contributed by atoms with Crippen LogP contribution >= 0.6 is 35.6 Å². The van der Waals surface area contributed by atoms with Crippen molar-refractivity contribution in [2.75, 3.05) is 45.9 Å². The molecule has 0 saturated carbocycles. The summed E-state index contributed by atoms with van der Waals surface area (Å²) >= 11 is 12.2. The third-order valence-electron chi connectivity index (χ3n) is 4.52. The Labute approximate surface area is 169 Å². The fourth-order valence-corrected chi connectivity index (χ4v) is 3.67. The molecule has 2 amide bonds. The van der Waals surface area contributed by atoms with Gasteiger partial charge in [-0.05, 0) is 12.1 Å². The molecule has 2 heterocycles. The number of carbonyl (C=O) groups is 2. The van der Waals surface area contributed by atoms with Crippen LogP contribution in [0.15, 0.2) is 18.2 Å². The van der Waals surface area contributed by atoms with Crippen molar-refractivity contribution in [2.24, 2.45) is 0 Å². The number of hydrogen-bond donors (Lipinski definition) is 1. The third-order valence-corrected chi connectivity index (χ3v) is 5.15. The van der Waals surface area contributed by atoms with E-state index in [2.05, 4.69) is 5.32 Å². The van der Waals surface area contributed by atoms with E-state index in [4.69, 9.17) is 27.9 Å². The van der Waals surface area contributed by atoms with Crippen molar-refractivity contribution in [3.8, 4) is 0 Å². The molecule has 1 aromatic rings. The number of nitrogens with one attached hydrogen (secondary N) is 1. The minimum Gasteiger partial charge on any atom is -0.378 e. The first-order valence-electron chi connectivity index (χ1n) is 8.38. The molecule has 6 nitrogen and oxygen atoms in total. The van der Waals surface area contributed by atoms with Gasteiger partial charge in [-0.2, -0.15) is 0 Å². The molecule has 0 bridgehead atoms. The Balaban J connectivity index is 0.00000243. The van der Waals surface area contributed by atoms with E-state index in [1.807, 2.05) is 0 Å². The highest BCUT2D eigenvalue weighted by Crippen LogP contribution is 2.26. The van der Waals surface area contributed by atoms with Gasteiger partial charge < -0.3 is 19.9 Å². The summed E-state index contributed by atoms with van der Waals surface area (Å²) in [6.45, 7) is 4.01. The molecule has 0 spiro atoms. The van der Waals surface area contributed by atoms with Crippen LogP contribution in [0.5, 0.6) is 0 Å². The quantitative estimate of drug-likeness (QED) is 0.810. The molecule has 144 valence electrons. The standard InChI is InChI=1S/C17H21Cl2N3O3.ClH/c18-13-2-1-3-14(19)16(13)17(24)22-7-5-21(6-8-22)15(23)10-12-11-25-9-4-20-12;/h1-3,12,20H,4-11H2;1H. The van der Waals surface area contributed by atoms with E-state index in [0.29, 0.717) is 61.4 Å². The van der Waals surface area contributed by atoms with Gasteiger partial charge in [-0.1, -0.05) is 29.3 Å². The molecule has 9 heteroatoms. The summed E-state index contributed by atoms with van der Waals surface area (Å²) in [6.07, 6.45) is 0.421. The van der Waals surface area contributed by atoms with Crippen LogP contribution in [0, 0.1) is 0 Å². The monoisotopic (exact) mass is 421 g/mol. The van der Waals surface area contributed by atoms with Gasteiger partial charge in [0.1, 0.15) is 0 Å². The number of halogens is 3. The lowest BCUT2D eigenvalue weighted by molar-refractivity contribution is -0.133. The average molecular weight is 423 g/mol. The van der Waals surface area contributed by atoms with Crippen molar-refractivity contribution in [2.45, 2.75) is 12.5 Å². The predicted molar refractivity (Wildman–Crippen MR) is 103 cm³/mol. The lowest BCUT2D eigenvalue weighted by Gasteiger charge is -2.36. The van der Waals surface area contributed by atoms with E-state index in [1.165, 1.54) is 0 Å². The van der Waals surface area contributed by atoms with Gasteiger partial charge in [0.2, 0.25) is 5.91 Å². The molecule has 2 fully saturated rings. The highest BCUT2D eigenvalue weighted by molar-refractivity contribution is 6.39. The Morgan fingerprint density at radius 2 is 1.73 bits per heavy atom. The van der Waals surface area contributed by atoms with Gasteiger partial charge in [0.05, 0.1) is 28.8 Å². The third kappa shape index (κ3) is 5.02. The zero-order chi connectivity index (χ0) is 17.8. The maximum atomic E-state index is 12.7. The van der Waals surface area contributed by atoms with Gasteiger partial charge >= 0.3 is 0 Å². The summed E-state index contributed by atoms with van der Waals surface area (Å²) in [5.74, 6) is -0.101. The predicted octanol–water partition coefficient (Wildman–Crippen LogP) is 2.08. The van der Waals surface area contributed by atoms with Crippen molar-refractivity contribution >= 4 is 47.4 Å². The molecule has 2 aliphatic heterocycles. The van der Waals surface area contributed by atoms with Crippen molar-refractivity contribution in [3.63, 3.8) is 0 Å². The average Bonchev–Trinajstić information content (AvgIpc) is 2.62. The minimum absolute atomic E-state index is 0. The Hall–Kier alpha value is -1.05. The lowest BCUT2D eigenvalue weighted by Crippen LogP contribution is -2.52. The Bertz CT molecular complexity index is 625. The molecule has 1 atom stereocenters. The summed E-state index contributed by atoms with van der Waals surface area (Å²) in [4.78, 5) is 28.6. The van der Waals surface area contributed by atoms with Gasteiger partial charge in [0.25, 0.3) is 5.91 Å². The fourth-order valence-electron chi connectivity index (χ4n) is 3.11. The largest absolute Gasteiger partial charge is 0.378 e. The number of morpholine rings is 1. The van der Waals surface area contributed by atoms with E-state index in [9.17, 15) is 9.59 Å². The minimum atomic E-state index is -0.190. The SMILES string of the molecule is Cl.O=C(CC1COCCN1)N1CCN(C(=O)c2c(Cl)cccc2Cl)CC1. The van der Waals surface area contributed by atoms with Crippen molar-refractivity contribution in [1.29, 1.82) is 0 Å². The normalized spacial score (nSPS) is 20.5. The van der Waals surface area contributed by atoms with Gasteiger partial charge in [0, 0.05) is 45.2 Å². The molecular formula is C17H22Cl3N3O3. The van der Waals surface area contributed by atoms with Crippen molar-refractivity contribution < 1.29 is 14.3 Å². The van der Waals surface area contributed by atoms with Gasteiger partial charge in [-0.15, -0.1) is 12.4 Å². The van der Waals surface area contributed by atoms with E-state index < -0.39 is 0 Å². The highest BCUT2D eigenvalue weighted by Gasteiger charge is 2.28. The summed E-state index contributed by atoms with van der Waals surface area (Å²) in [6, 6.07) is 5.09. The van der Waals surface area contributed by atoms with Gasteiger partial charge in [-0.25, -0.2) is 0 Å². The molecule has 0 aliphatic carbocycles. The first-order valence-corrected chi connectivity index (χ1v) is 9.14. The number of carbonyl (C=O) groups excluding carboxylic acids is 2. The van der Waals surface area contributed by atoms with Gasteiger partial charge in [-0.3, -0.25) is 9.59 Å². The first kappa shape index (κ1) is 21.3. The number of ether oxygens (including phenoxy) is 1. The van der Waals surface area contributed by atoms with Crippen LogP contribution in [0.1, 0.15) is 16.8 Å². The molecule has 0 aromatic heterocycles. The van der Waals surface area contributed by atoms with Crippen LogP contribution in [0.4, 0.5) is 0 Å². The van der Waals surface area contributed by atoms with E-state index in [-0.39, 0.29) is 30.3 Å². The highest BCUT2D eigenvalue weighted by atomic mass is 35.5. The molecule has 2 saturated heterocycles. The molecular weight excluding hydrogens is 401 g/mol. The Kier molecular flexibility index (Phi) is 7.98. The first-order chi connectivity index (χ1) is 12.1. The molecule has 1 N–H and O–H groups in total. The summed E-state index contributed by atoms with van der Waals surface area (Å²) in [5, 5.41) is 3.98. The lowest BCUT2D eigenvalue weighted by atomic mass is 10.1. The zero-order valence-electron chi connectivity index (χ0n) is 14.2. The van der Waals surface area contributed by atoms with Crippen molar-refractivity contribution in [3.05, 3.63) is 33.8 Å². The maximum Gasteiger partial charge on any atom is 0.257 e. The molecule has 3 rings (SSSR count). The van der Waals surface area contributed by atoms with E-state index >= 15 is 0 Å². The molecule has 1 unspecified atom stereocenters. The molecule has 26 heavy (non-hydrogen) atoms. The summed E-state index contributed by atoms with van der Waals surface area (Å²) in [7, 11) is 0. The summed E-state index contributed by atoms with van der Waals surface area (Å²) in [5.41, 5.74) is 0.328. The molecule has 2 aliphatic rings. The topological polar surface area (TPSA) is 61.9 Å². The number of piperazine rings is 1. The second kappa shape index (κ2) is 9.76. The maximum absolute atomic E-state index is 12.7. The zero-order valence-corrected chi connectivity index (χ0v) is 16.6. The second-order valence-corrected chi connectivity index (χ2v) is 7.01. The Morgan fingerprint density at radius 1 is 1.12 bits per heavy atom. The van der Waals surface area contributed by atoms with Crippen LogP contribution in [0.25, 0.3) is 0 Å². The number of rotatable bonds is 3. The summed E-state index contributed by atoms with van der Waals surface area (Å²) < 4.78 is 5.38.